The predicted molar refractivity (Wildman–Crippen MR) is 44.7 cm³/mol. The second kappa shape index (κ2) is 6.52. The van der Waals surface area contributed by atoms with Crippen LogP contribution >= 0.6 is 15.9 Å². The van der Waals surface area contributed by atoms with E-state index >= 15 is 0 Å². The molecule has 0 saturated carbocycles. The molecule has 0 aromatic carbocycles. The lowest BCUT2D eigenvalue weighted by molar-refractivity contribution is 0.610. The van der Waals surface area contributed by atoms with Crippen molar-refractivity contribution in [2.24, 2.45) is 11.5 Å². The molecule has 0 aliphatic rings. The Morgan fingerprint density at radius 1 is 1.33 bits per heavy atom. The quantitative estimate of drug-likeness (QED) is 0.504. The Hall–Kier alpha value is 0.400. The first-order chi connectivity index (χ1) is 4.31. The highest BCUT2D eigenvalue weighted by atomic mass is 79.9. The van der Waals surface area contributed by atoms with E-state index in [1.54, 1.807) is 0 Å². The summed E-state index contributed by atoms with van der Waals surface area (Å²) in [6.45, 7) is 0.787. The largest absolute Gasteiger partial charge is 0.330 e. The van der Waals surface area contributed by atoms with E-state index in [1.807, 2.05) is 0 Å². The van der Waals surface area contributed by atoms with Crippen molar-refractivity contribution in [1.82, 2.24) is 0 Å². The van der Waals surface area contributed by atoms with E-state index in [0.717, 1.165) is 31.1 Å². The molecule has 0 amide bonds. The van der Waals surface area contributed by atoms with Gasteiger partial charge in [0.1, 0.15) is 0 Å². The molecule has 1 atom stereocenters. The third-order valence-corrected chi connectivity index (χ3v) is 2.06. The Morgan fingerprint density at radius 2 is 2.00 bits per heavy atom. The molecule has 0 aliphatic carbocycles. The average molecular weight is 195 g/mol. The lowest BCUT2D eigenvalue weighted by Crippen LogP contribution is -2.21. The Kier molecular flexibility index (Phi) is 6.81. The smallest absolute Gasteiger partial charge is 0.0183 e. The minimum absolute atomic E-state index is 0.316. The van der Waals surface area contributed by atoms with Gasteiger partial charge in [-0.2, -0.15) is 0 Å². The van der Waals surface area contributed by atoms with Gasteiger partial charge < -0.3 is 11.5 Å². The van der Waals surface area contributed by atoms with Crippen LogP contribution in [-0.2, 0) is 0 Å². The van der Waals surface area contributed by atoms with Crippen LogP contribution in [0.4, 0.5) is 0 Å². The van der Waals surface area contributed by atoms with Crippen molar-refractivity contribution >= 4 is 15.9 Å². The van der Waals surface area contributed by atoms with Gasteiger partial charge in [0.05, 0.1) is 0 Å². The molecule has 0 fully saturated rings. The third kappa shape index (κ3) is 6.28. The van der Waals surface area contributed by atoms with E-state index < -0.39 is 0 Å². The fourth-order valence-electron chi connectivity index (χ4n) is 0.628. The Balaban J connectivity index is 2.88. The zero-order chi connectivity index (χ0) is 7.11. The summed E-state index contributed by atoms with van der Waals surface area (Å²) in [5.74, 6) is 0. The summed E-state index contributed by atoms with van der Waals surface area (Å²) in [5, 5.41) is 0.900. The van der Waals surface area contributed by atoms with Crippen LogP contribution in [0, 0.1) is 0 Å². The maximum Gasteiger partial charge on any atom is 0.0183 e. The maximum atomic E-state index is 5.63. The number of hydrogen-bond donors (Lipinski definition) is 2. The summed E-state index contributed by atoms with van der Waals surface area (Å²) in [7, 11) is 0. The third-order valence-electron chi connectivity index (χ3n) is 1.23. The molecule has 0 radical (unpaired) electrons. The van der Waals surface area contributed by atoms with Crippen molar-refractivity contribution in [1.29, 1.82) is 0 Å². The molecular weight excluding hydrogens is 180 g/mol. The van der Waals surface area contributed by atoms with Crippen LogP contribution in [0.1, 0.15) is 19.3 Å². The highest BCUT2D eigenvalue weighted by Gasteiger charge is 1.97. The van der Waals surface area contributed by atoms with Crippen molar-refractivity contribution in [3.63, 3.8) is 0 Å². The molecule has 0 heterocycles. The standard InChI is InChI=1S/C6H15BrN2/c7-5-6(9)3-1-2-4-8/h6H,1-5,8-9H2. The topological polar surface area (TPSA) is 52.0 Å². The number of unbranched alkanes of at least 4 members (excludes halogenated alkanes) is 1. The lowest BCUT2D eigenvalue weighted by atomic mass is 10.1. The molecule has 0 aromatic heterocycles. The zero-order valence-electron chi connectivity index (χ0n) is 5.65. The van der Waals surface area contributed by atoms with Gasteiger partial charge in [-0.25, -0.2) is 0 Å². The van der Waals surface area contributed by atoms with Crippen LogP contribution in [0.25, 0.3) is 0 Å². The van der Waals surface area contributed by atoms with Crippen LogP contribution in [0.2, 0.25) is 0 Å². The van der Waals surface area contributed by atoms with Gasteiger partial charge in [0, 0.05) is 11.4 Å². The van der Waals surface area contributed by atoms with Crippen molar-refractivity contribution in [3.8, 4) is 0 Å². The molecule has 0 rings (SSSR count). The fourth-order valence-corrected chi connectivity index (χ4v) is 0.952. The molecular formula is C6H15BrN2. The maximum absolute atomic E-state index is 5.63. The fraction of sp³-hybridized carbons (Fsp3) is 1.00. The van der Waals surface area contributed by atoms with Gasteiger partial charge in [0.25, 0.3) is 0 Å². The summed E-state index contributed by atoms with van der Waals surface area (Å²) in [6.07, 6.45) is 3.34. The second-order valence-electron chi connectivity index (χ2n) is 2.20. The van der Waals surface area contributed by atoms with Gasteiger partial charge in [-0.15, -0.1) is 0 Å². The minimum Gasteiger partial charge on any atom is -0.330 e. The van der Waals surface area contributed by atoms with Crippen molar-refractivity contribution in [2.45, 2.75) is 25.3 Å². The van der Waals surface area contributed by atoms with E-state index in [-0.39, 0.29) is 0 Å². The molecule has 0 bridgehead atoms. The molecule has 0 saturated heterocycles. The lowest BCUT2D eigenvalue weighted by Gasteiger charge is -2.04. The van der Waals surface area contributed by atoms with Crippen molar-refractivity contribution in [3.05, 3.63) is 0 Å². The number of nitrogens with two attached hydrogens (primary N) is 2. The van der Waals surface area contributed by atoms with E-state index in [2.05, 4.69) is 15.9 Å². The molecule has 2 nitrogen and oxygen atoms in total. The van der Waals surface area contributed by atoms with Gasteiger partial charge in [-0.1, -0.05) is 22.4 Å². The van der Waals surface area contributed by atoms with Gasteiger partial charge >= 0.3 is 0 Å². The summed E-state index contributed by atoms with van der Waals surface area (Å²) in [6, 6.07) is 0.316. The van der Waals surface area contributed by atoms with Crippen LogP contribution in [-0.4, -0.2) is 17.9 Å². The van der Waals surface area contributed by atoms with Gasteiger partial charge in [-0.3, -0.25) is 0 Å². The van der Waals surface area contributed by atoms with E-state index in [4.69, 9.17) is 11.5 Å². The average Bonchev–Trinajstić information content (AvgIpc) is 1.89. The van der Waals surface area contributed by atoms with Gasteiger partial charge in [-0.05, 0) is 19.4 Å². The summed E-state index contributed by atoms with van der Waals surface area (Å²) in [5.41, 5.74) is 10.9. The molecule has 9 heavy (non-hydrogen) atoms. The first kappa shape index (κ1) is 9.40. The highest BCUT2D eigenvalue weighted by Crippen LogP contribution is 1.99. The predicted octanol–water partition coefficient (Wildman–Crippen LogP) is 0.838. The Bertz CT molecular complexity index is 59.0. The number of alkyl halides is 1. The van der Waals surface area contributed by atoms with Crippen molar-refractivity contribution in [2.75, 3.05) is 11.9 Å². The normalized spacial score (nSPS) is 13.7. The second-order valence-corrected chi connectivity index (χ2v) is 2.85. The monoisotopic (exact) mass is 194 g/mol. The van der Waals surface area contributed by atoms with Gasteiger partial charge in [0.15, 0.2) is 0 Å². The summed E-state index contributed by atoms with van der Waals surface area (Å²) < 4.78 is 0. The first-order valence-electron chi connectivity index (χ1n) is 3.33. The minimum atomic E-state index is 0.316. The van der Waals surface area contributed by atoms with E-state index in [1.165, 1.54) is 0 Å². The SMILES string of the molecule is NCCCCC(N)CBr. The molecule has 0 aliphatic heterocycles. The molecule has 1 unspecified atom stereocenters. The molecule has 3 heteroatoms. The zero-order valence-corrected chi connectivity index (χ0v) is 7.23. The number of halogens is 1. The van der Waals surface area contributed by atoms with Gasteiger partial charge in [0.2, 0.25) is 0 Å². The molecule has 56 valence electrons. The number of rotatable bonds is 5. The van der Waals surface area contributed by atoms with Crippen LogP contribution in [0.5, 0.6) is 0 Å². The number of hydrogen-bond acceptors (Lipinski definition) is 2. The molecule has 0 aromatic rings. The first-order valence-corrected chi connectivity index (χ1v) is 4.45. The summed E-state index contributed by atoms with van der Waals surface area (Å²) in [4.78, 5) is 0. The highest BCUT2D eigenvalue weighted by molar-refractivity contribution is 9.09. The van der Waals surface area contributed by atoms with E-state index in [9.17, 15) is 0 Å². The van der Waals surface area contributed by atoms with Crippen LogP contribution in [0.15, 0.2) is 0 Å². The Morgan fingerprint density at radius 3 is 2.44 bits per heavy atom. The van der Waals surface area contributed by atoms with E-state index in [0.29, 0.717) is 6.04 Å². The van der Waals surface area contributed by atoms with Crippen molar-refractivity contribution < 1.29 is 0 Å². The molecule has 4 N–H and O–H groups in total. The van der Waals surface area contributed by atoms with Crippen LogP contribution in [0.3, 0.4) is 0 Å². The summed E-state index contributed by atoms with van der Waals surface area (Å²) >= 11 is 3.31. The van der Waals surface area contributed by atoms with Crippen LogP contribution < -0.4 is 11.5 Å². The molecule has 0 spiro atoms. The Labute approximate surface area is 65.1 Å².